The van der Waals surface area contributed by atoms with Gasteiger partial charge in [-0.2, -0.15) is 0 Å². The van der Waals surface area contributed by atoms with Crippen molar-refractivity contribution in [3.05, 3.63) is 241 Å². The van der Waals surface area contributed by atoms with Crippen LogP contribution in [-0.4, -0.2) is 9.55 Å². The summed E-state index contributed by atoms with van der Waals surface area (Å²) >= 11 is 1.92. The van der Waals surface area contributed by atoms with Gasteiger partial charge in [0.15, 0.2) is 0 Å². The molecule has 0 N–H and O–H groups in total. The summed E-state index contributed by atoms with van der Waals surface area (Å²) in [6.45, 7) is 0. The van der Waals surface area contributed by atoms with E-state index >= 15 is 0 Å². The van der Waals surface area contributed by atoms with Crippen LogP contribution in [0.3, 0.4) is 0 Å². The molecule has 0 bridgehead atoms. The zero-order valence-electron chi connectivity index (χ0n) is 33.1. The Morgan fingerprint density at radius 1 is 0.377 bits per heavy atom. The molecular weight excluding hydrogens is 757 g/mol. The van der Waals surface area contributed by atoms with Gasteiger partial charge in [-0.05, 0) is 80.2 Å². The molecule has 2 nitrogen and oxygen atoms in total. The maximum Gasteiger partial charge on any atom is 0.0736 e. The highest BCUT2D eigenvalue weighted by atomic mass is 32.2. The van der Waals surface area contributed by atoms with Crippen molar-refractivity contribution in [1.82, 2.24) is 9.55 Å². The highest BCUT2D eigenvalue weighted by molar-refractivity contribution is 7.99. The van der Waals surface area contributed by atoms with Crippen molar-refractivity contribution in [2.45, 2.75) is 15.2 Å². The Hall–Kier alpha value is -7.46. The maximum atomic E-state index is 5.21. The third kappa shape index (κ3) is 4.90. The average molecular weight is 793 g/mol. The fourth-order valence-electron chi connectivity index (χ4n) is 10.5. The Morgan fingerprint density at radius 2 is 0.934 bits per heavy atom. The van der Waals surface area contributed by atoms with Crippen LogP contribution in [0.1, 0.15) is 22.3 Å². The second-order valence-corrected chi connectivity index (χ2v) is 17.2. The first-order valence-electron chi connectivity index (χ1n) is 21.0. The van der Waals surface area contributed by atoms with Crippen LogP contribution < -0.4 is 0 Å². The van der Waals surface area contributed by atoms with Gasteiger partial charge in [0, 0.05) is 37.1 Å². The zero-order chi connectivity index (χ0) is 40.1. The smallest absolute Gasteiger partial charge is 0.0736 e. The molecule has 3 heteroatoms. The van der Waals surface area contributed by atoms with E-state index in [1.807, 2.05) is 11.8 Å². The van der Waals surface area contributed by atoms with Crippen LogP contribution in [0.15, 0.2) is 228 Å². The van der Waals surface area contributed by atoms with Crippen LogP contribution >= 0.6 is 11.8 Å². The Morgan fingerprint density at radius 3 is 1.62 bits per heavy atom. The van der Waals surface area contributed by atoms with Gasteiger partial charge >= 0.3 is 0 Å². The number of hydrogen-bond acceptors (Lipinski definition) is 2. The van der Waals surface area contributed by atoms with E-state index < -0.39 is 5.41 Å². The van der Waals surface area contributed by atoms with Gasteiger partial charge in [0.05, 0.1) is 33.5 Å². The molecule has 2 aromatic heterocycles. The number of nitrogens with zero attached hydrogens (tertiary/aromatic N) is 2. The van der Waals surface area contributed by atoms with Gasteiger partial charge < -0.3 is 4.57 Å². The Labute approximate surface area is 358 Å². The Bertz CT molecular complexity index is 3460. The summed E-state index contributed by atoms with van der Waals surface area (Å²) in [7, 11) is 0. The lowest BCUT2D eigenvalue weighted by molar-refractivity contribution is 0.724. The number of aromatic nitrogens is 2. The molecule has 0 unspecified atom stereocenters. The van der Waals surface area contributed by atoms with Gasteiger partial charge in [0.1, 0.15) is 0 Å². The highest BCUT2D eigenvalue weighted by Gasteiger charge is 2.50. The van der Waals surface area contributed by atoms with Gasteiger partial charge in [0.2, 0.25) is 0 Å². The van der Waals surface area contributed by atoms with Crippen LogP contribution in [0.5, 0.6) is 0 Å². The molecule has 11 aromatic rings. The molecule has 1 aliphatic heterocycles. The van der Waals surface area contributed by atoms with E-state index in [4.69, 9.17) is 4.98 Å². The normalized spacial score (nSPS) is 13.3. The molecule has 284 valence electrons. The van der Waals surface area contributed by atoms with E-state index in [1.54, 1.807) is 0 Å². The molecule has 0 fully saturated rings. The molecule has 0 atom stereocenters. The Balaban J connectivity index is 1.10. The fraction of sp³-hybridized carbons (Fsp3) is 0.0172. The van der Waals surface area contributed by atoms with E-state index in [9.17, 15) is 0 Å². The van der Waals surface area contributed by atoms with E-state index in [1.165, 1.54) is 87.0 Å². The standard InChI is InChI=1S/C58H36N2S/c1-3-17-37(18-4-1)51-35-39(36-52(59-51)38-19-5-2-6-20-38)40-32-34-54(44-24-8-7-21-41(40)44)60-53-29-15-11-25-45(53)46-31-33-50-57(56(46)60)61-55-30-16-14-28-49(55)58(50)47-26-12-9-22-42(47)43-23-10-13-27-48(43)58/h1-36H. The van der Waals surface area contributed by atoms with Crippen LogP contribution in [0.2, 0.25) is 0 Å². The third-order valence-electron chi connectivity index (χ3n) is 13.1. The number of pyridine rings is 1. The second kappa shape index (κ2) is 13.3. The first kappa shape index (κ1) is 34.4. The van der Waals surface area contributed by atoms with Crippen LogP contribution in [-0.2, 0) is 5.41 Å². The minimum Gasteiger partial charge on any atom is -0.307 e. The number of para-hydroxylation sites is 1. The van der Waals surface area contributed by atoms with E-state index in [2.05, 4.69) is 223 Å². The van der Waals surface area contributed by atoms with Crippen molar-refractivity contribution in [3.63, 3.8) is 0 Å². The molecular formula is C58H36N2S. The molecule has 1 aliphatic carbocycles. The number of hydrogen-bond donors (Lipinski definition) is 0. The van der Waals surface area contributed by atoms with Gasteiger partial charge in [-0.25, -0.2) is 4.98 Å². The van der Waals surface area contributed by atoms with E-state index in [0.717, 1.165) is 28.1 Å². The molecule has 0 amide bonds. The number of fused-ring (bicyclic) bond motifs is 14. The Kier molecular flexibility index (Phi) is 7.49. The lowest BCUT2D eigenvalue weighted by Gasteiger charge is -2.40. The van der Waals surface area contributed by atoms with Crippen molar-refractivity contribution in [2.75, 3.05) is 0 Å². The van der Waals surface area contributed by atoms with Crippen LogP contribution in [0.25, 0.3) is 83.0 Å². The largest absolute Gasteiger partial charge is 0.307 e. The minimum atomic E-state index is -0.458. The topological polar surface area (TPSA) is 17.8 Å². The zero-order valence-corrected chi connectivity index (χ0v) is 33.9. The van der Waals surface area contributed by atoms with Crippen molar-refractivity contribution in [3.8, 4) is 50.5 Å². The van der Waals surface area contributed by atoms with Crippen LogP contribution in [0, 0.1) is 0 Å². The SMILES string of the molecule is c1ccc(-c2cc(-c3ccc(-n4c5ccccc5c5ccc6c(c54)Sc4ccccc4C64c5ccccc5-c5ccccc54)c4ccccc34)cc(-c3ccccc3)n2)cc1. The summed E-state index contributed by atoms with van der Waals surface area (Å²) in [5.74, 6) is 0. The van der Waals surface area contributed by atoms with Gasteiger partial charge in [-0.3, -0.25) is 0 Å². The third-order valence-corrected chi connectivity index (χ3v) is 14.3. The number of benzene rings is 9. The molecule has 61 heavy (non-hydrogen) atoms. The summed E-state index contributed by atoms with van der Waals surface area (Å²) < 4.78 is 2.56. The van der Waals surface area contributed by atoms with Gasteiger partial charge in [-0.15, -0.1) is 0 Å². The summed E-state index contributed by atoms with van der Waals surface area (Å²) in [4.78, 5) is 7.82. The average Bonchev–Trinajstić information content (AvgIpc) is 3.83. The van der Waals surface area contributed by atoms with Crippen molar-refractivity contribution >= 4 is 44.3 Å². The molecule has 0 saturated carbocycles. The molecule has 0 saturated heterocycles. The second-order valence-electron chi connectivity index (χ2n) is 16.2. The molecule has 0 radical (unpaired) electrons. The van der Waals surface area contributed by atoms with Crippen molar-refractivity contribution in [2.24, 2.45) is 0 Å². The molecule has 1 spiro atoms. The summed E-state index contributed by atoms with van der Waals surface area (Å²) in [6, 6.07) is 80.2. The summed E-state index contributed by atoms with van der Waals surface area (Å²) in [5.41, 5.74) is 17.6. The minimum absolute atomic E-state index is 0.458. The predicted octanol–water partition coefficient (Wildman–Crippen LogP) is 15.2. The van der Waals surface area contributed by atoms with Crippen LogP contribution in [0.4, 0.5) is 0 Å². The van der Waals surface area contributed by atoms with Gasteiger partial charge in [-0.1, -0.05) is 200 Å². The molecule has 13 rings (SSSR count). The van der Waals surface area contributed by atoms with Crippen molar-refractivity contribution < 1.29 is 0 Å². The van der Waals surface area contributed by atoms with E-state index in [-0.39, 0.29) is 0 Å². The maximum absolute atomic E-state index is 5.21. The van der Waals surface area contributed by atoms with Gasteiger partial charge in [0.25, 0.3) is 0 Å². The first-order valence-corrected chi connectivity index (χ1v) is 21.8. The lowest BCUT2D eigenvalue weighted by Crippen LogP contribution is -2.32. The first-order chi connectivity index (χ1) is 30.3. The lowest BCUT2D eigenvalue weighted by atomic mass is 9.67. The monoisotopic (exact) mass is 792 g/mol. The highest BCUT2D eigenvalue weighted by Crippen LogP contribution is 2.63. The summed E-state index contributed by atoms with van der Waals surface area (Å²) in [5, 5.41) is 4.92. The molecule has 3 heterocycles. The quantitative estimate of drug-likeness (QED) is 0.177. The fourth-order valence-corrected chi connectivity index (χ4v) is 11.9. The van der Waals surface area contributed by atoms with Crippen molar-refractivity contribution in [1.29, 1.82) is 0 Å². The molecule has 2 aliphatic rings. The molecule has 9 aromatic carbocycles. The summed E-state index contributed by atoms with van der Waals surface area (Å²) in [6.07, 6.45) is 0. The number of rotatable bonds is 4. The predicted molar refractivity (Wildman–Crippen MR) is 254 cm³/mol. The van der Waals surface area contributed by atoms with E-state index in [0.29, 0.717) is 0 Å².